The summed E-state index contributed by atoms with van der Waals surface area (Å²) in [4.78, 5) is 3.82. The van der Waals surface area contributed by atoms with E-state index in [0.29, 0.717) is 12.1 Å². The van der Waals surface area contributed by atoms with Crippen molar-refractivity contribution in [1.29, 1.82) is 0 Å². The van der Waals surface area contributed by atoms with Crippen molar-refractivity contribution in [3.63, 3.8) is 0 Å². The van der Waals surface area contributed by atoms with Crippen LogP contribution >= 0.6 is 0 Å². The molecule has 0 bridgehead atoms. The first-order chi connectivity index (χ1) is 9.02. The molecule has 0 spiro atoms. The lowest BCUT2D eigenvalue weighted by molar-refractivity contribution is 0.599. The topological polar surface area (TPSA) is 103 Å². The smallest absolute Gasteiger partial charge is 0.239 e. The third-order valence-corrected chi connectivity index (χ3v) is 3.83. The molecular weight excluding hydrogens is 266 g/mol. The SMILES string of the molecule is Cn1ncnc1NS(=O)(=O)Cc1ccccc1CN. The Kier molecular flexibility index (Phi) is 3.82. The number of hydrogen-bond acceptors (Lipinski definition) is 5. The Balaban J connectivity index is 2.20. The highest BCUT2D eigenvalue weighted by atomic mass is 32.2. The van der Waals surface area contributed by atoms with Crippen LogP contribution < -0.4 is 10.5 Å². The summed E-state index contributed by atoms with van der Waals surface area (Å²) < 4.78 is 27.8. The van der Waals surface area contributed by atoms with Crippen LogP contribution in [0.2, 0.25) is 0 Å². The van der Waals surface area contributed by atoms with Gasteiger partial charge in [0, 0.05) is 13.6 Å². The molecule has 7 nitrogen and oxygen atoms in total. The van der Waals surface area contributed by atoms with E-state index < -0.39 is 10.0 Å². The van der Waals surface area contributed by atoms with Crippen molar-refractivity contribution in [2.75, 3.05) is 4.72 Å². The quantitative estimate of drug-likeness (QED) is 0.816. The third-order valence-electron chi connectivity index (χ3n) is 2.64. The van der Waals surface area contributed by atoms with Gasteiger partial charge in [0.15, 0.2) is 0 Å². The zero-order chi connectivity index (χ0) is 13.9. The van der Waals surface area contributed by atoms with Gasteiger partial charge in [0.1, 0.15) is 6.33 Å². The molecule has 1 aromatic carbocycles. The largest absolute Gasteiger partial charge is 0.326 e. The second kappa shape index (κ2) is 5.37. The minimum Gasteiger partial charge on any atom is -0.326 e. The number of benzene rings is 1. The molecule has 0 amide bonds. The third kappa shape index (κ3) is 3.30. The molecule has 0 saturated heterocycles. The van der Waals surface area contributed by atoms with Crippen molar-refractivity contribution < 1.29 is 8.42 Å². The summed E-state index contributed by atoms with van der Waals surface area (Å²) in [5.74, 6) is 0.0398. The van der Waals surface area contributed by atoms with Gasteiger partial charge in [0.2, 0.25) is 16.0 Å². The van der Waals surface area contributed by atoms with Crippen molar-refractivity contribution in [3.8, 4) is 0 Å². The van der Waals surface area contributed by atoms with Gasteiger partial charge < -0.3 is 5.73 Å². The summed E-state index contributed by atoms with van der Waals surface area (Å²) in [6, 6.07) is 7.17. The van der Waals surface area contributed by atoms with Gasteiger partial charge in [-0.1, -0.05) is 24.3 Å². The van der Waals surface area contributed by atoms with E-state index >= 15 is 0 Å². The Hall–Kier alpha value is -1.93. The van der Waals surface area contributed by atoms with Crippen LogP contribution in [-0.2, 0) is 29.4 Å². The van der Waals surface area contributed by atoms with E-state index in [4.69, 9.17) is 5.73 Å². The first kappa shape index (κ1) is 13.5. The maximum Gasteiger partial charge on any atom is 0.239 e. The number of aryl methyl sites for hydroxylation is 1. The number of rotatable bonds is 5. The van der Waals surface area contributed by atoms with Gasteiger partial charge in [-0.3, -0.25) is 4.72 Å². The molecule has 3 N–H and O–H groups in total. The number of sulfonamides is 1. The van der Waals surface area contributed by atoms with Gasteiger partial charge in [-0.2, -0.15) is 10.1 Å². The molecule has 0 radical (unpaired) electrons. The van der Waals surface area contributed by atoms with Crippen LogP contribution in [-0.4, -0.2) is 23.2 Å². The van der Waals surface area contributed by atoms with Gasteiger partial charge in [-0.05, 0) is 11.1 Å². The van der Waals surface area contributed by atoms with Gasteiger partial charge in [0.25, 0.3) is 0 Å². The van der Waals surface area contributed by atoms with E-state index in [0.717, 1.165) is 5.56 Å². The average Bonchev–Trinajstić information content (AvgIpc) is 2.74. The molecular formula is C11H15N5O2S. The molecule has 1 aromatic heterocycles. The molecule has 1 heterocycles. The number of nitrogens with one attached hydrogen (secondary N) is 1. The van der Waals surface area contributed by atoms with E-state index in [1.807, 2.05) is 12.1 Å². The number of hydrogen-bond donors (Lipinski definition) is 2. The fraction of sp³-hybridized carbons (Fsp3) is 0.273. The fourth-order valence-corrected chi connectivity index (χ4v) is 2.89. The van der Waals surface area contributed by atoms with Crippen LogP contribution in [0.15, 0.2) is 30.6 Å². The average molecular weight is 281 g/mol. The summed E-state index contributed by atoms with van der Waals surface area (Å²) in [6.45, 7) is 0.301. The predicted octanol–water partition coefficient (Wildman–Crippen LogP) is 0.216. The van der Waals surface area contributed by atoms with E-state index in [1.165, 1.54) is 11.0 Å². The Bertz CT molecular complexity index is 665. The summed E-state index contributed by atoms with van der Waals surface area (Å²) in [5, 5.41) is 3.80. The molecule has 2 aromatic rings. The van der Waals surface area contributed by atoms with E-state index in [-0.39, 0.29) is 11.7 Å². The normalized spacial score (nSPS) is 11.5. The number of nitrogens with two attached hydrogens (primary N) is 1. The van der Waals surface area contributed by atoms with Gasteiger partial charge >= 0.3 is 0 Å². The van der Waals surface area contributed by atoms with Crippen molar-refractivity contribution in [3.05, 3.63) is 41.7 Å². The fourth-order valence-electron chi connectivity index (χ4n) is 1.67. The summed E-state index contributed by atoms with van der Waals surface area (Å²) in [6.07, 6.45) is 1.28. The summed E-state index contributed by atoms with van der Waals surface area (Å²) >= 11 is 0. The van der Waals surface area contributed by atoms with Gasteiger partial charge in [0.05, 0.1) is 5.75 Å². The maximum absolute atomic E-state index is 12.1. The molecule has 0 saturated carbocycles. The monoisotopic (exact) mass is 281 g/mol. The van der Waals surface area contributed by atoms with E-state index in [1.54, 1.807) is 19.2 Å². The Morgan fingerprint density at radius 2 is 2.00 bits per heavy atom. The zero-order valence-corrected chi connectivity index (χ0v) is 11.3. The highest BCUT2D eigenvalue weighted by molar-refractivity contribution is 7.91. The standard InChI is InChI=1S/C11H15N5O2S/c1-16-11(13-8-14-16)15-19(17,18)7-10-5-3-2-4-9(10)6-12/h2-5,8H,6-7,12H2,1H3,(H,13,14,15). The molecule has 0 aliphatic heterocycles. The lowest BCUT2D eigenvalue weighted by Gasteiger charge is -2.09. The molecule has 0 atom stereocenters. The molecule has 19 heavy (non-hydrogen) atoms. The maximum atomic E-state index is 12.1. The minimum absolute atomic E-state index is 0.146. The highest BCUT2D eigenvalue weighted by Gasteiger charge is 2.16. The van der Waals surface area contributed by atoms with Crippen LogP contribution in [0.1, 0.15) is 11.1 Å². The molecule has 0 aliphatic rings. The summed E-state index contributed by atoms with van der Waals surface area (Å²) in [5.41, 5.74) is 7.08. The Labute approximate surface area is 111 Å². The van der Waals surface area contributed by atoms with Crippen LogP contribution in [0.25, 0.3) is 0 Å². The van der Waals surface area contributed by atoms with Crippen molar-refractivity contribution in [2.24, 2.45) is 12.8 Å². The van der Waals surface area contributed by atoms with Crippen molar-refractivity contribution in [1.82, 2.24) is 14.8 Å². The van der Waals surface area contributed by atoms with Gasteiger partial charge in [-0.25, -0.2) is 13.1 Å². The molecule has 8 heteroatoms. The van der Waals surface area contributed by atoms with Gasteiger partial charge in [-0.15, -0.1) is 0 Å². The van der Waals surface area contributed by atoms with Crippen LogP contribution in [0.5, 0.6) is 0 Å². The zero-order valence-electron chi connectivity index (χ0n) is 10.4. The van der Waals surface area contributed by atoms with Crippen LogP contribution in [0.3, 0.4) is 0 Å². The molecule has 2 rings (SSSR count). The minimum atomic E-state index is -3.54. The number of aromatic nitrogens is 3. The molecule has 102 valence electrons. The first-order valence-corrected chi connectivity index (χ1v) is 7.28. The van der Waals surface area contributed by atoms with Crippen LogP contribution in [0, 0.1) is 0 Å². The predicted molar refractivity (Wildman–Crippen MR) is 71.6 cm³/mol. The highest BCUT2D eigenvalue weighted by Crippen LogP contribution is 2.13. The van der Waals surface area contributed by atoms with E-state index in [9.17, 15) is 8.42 Å². The lowest BCUT2D eigenvalue weighted by atomic mass is 10.1. The second-order valence-corrected chi connectivity index (χ2v) is 5.76. The second-order valence-electron chi connectivity index (χ2n) is 4.04. The molecule has 0 fully saturated rings. The lowest BCUT2D eigenvalue weighted by Crippen LogP contribution is -2.19. The molecule has 0 unspecified atom stereocenters. The van der Waals surface area contributed by atoms with E-state index in [2.05, 4.69) is 14.8 Å². The van der Waals surface area contributed by atoms with Crippen molar-refractivity contribution >= 4 is 16.0 Å². The number of anilines is 1. The first-order valence-electron chi connectivity index (χ1n) is 5.63. The Morgan fingerprint density at radius 3 is 2.58 bits per heavy atom. The molecule has 0 aliphatic carbocycles. The summed E-state index contributed by atoms with van der Waals surface area (Å²) in [7, 11) is -1.93. The number of nitrogens with zero attached hydrogens (tertiary/aromatic N) is 3. The van der Waals surface area contributed by atoms with Crippen LogP contribution in [0.4, 0.5) is 5.95 Å². The Morgan fingerprint density at radius 1 is 1.32 bits per heavy atom. The van der Waals surface area contributed by atoms with Crippen molar-refractivity contribution in [2.45, 2.75) is 12.3 Å².